The second-order valence-electron chi connectivity index (χ2n) is 4.80. The van der Waals surface area contributed by atoms with Crippen LogP contribution in [0.1, 0.15) is 12.5 Å². The van der Waals surface area contributed by atoms with Gasteiger partial charge >= 0.3 is 0 Å². The molecular weight excluding hydrogens is 186 g/mol. The van der Waals surface area contributed by atoms with Crippen LogP contribution in [0.5, 0.6) is 0 Å². The third-order valence-corrected chi connectivity index (χ3v) is 3.42. The van der Waals surface area contributed by atoms with Crippen LogP contribution in [0.15, 0.2) is 30.3 Å². The van der Waals surface area contributed by atoms with Gasteiger partial charge in [0.25, 0.3) is 0 Å². The number of piperidine rings is 1. The van der Waals surface area contributed by atoms with Gasteiger partial charge in [-0.1, -0.05) is 37.3 Å². The number of nitrogens with zero attached hydrogens (tertiary/aromatic N) is 1. The molecule has 0 spiro atoms. The van der Waals surface area contributed by atoms with Gasteiger partial charge in [0.05, 0.1) is 12.2 Å². The van der Waals surface area contributed by atoms with E-state index in [9.17, 15) is 0 Å². The summed E-state index contributed by atoms with van der Waals surface area (Å²) in [6, 6.07) is 10.7. The van der Waals surface area contributed by atoms with Gasteiger partial charge in [-0.25, -0.2) is 0 Å². The summed E-state index contributed by atoms with van der Waals surface area (Å²) < 4.78 is 5.62. The fourth-order valence-corrected chi connectivity index (χ4v) is 2.61. The Kier molecular flexibility index (Phi) is 2.26. The van der Waals surface area contributed by atoms with Gasteiger partial charge in [-0.2, -0.15) is 0 Å². The normalized spacial score (nSPS) is 34.9. The number of hydrogen-bond donors (Lipinski definition) is 0. The first kappa shape index (κ1) is 9.37. The molecule has 0 radical (unpaired) electrons. The predicted molar refractivity (Wildman–Crippen MR) is 59.5 cm³/mol. The van der Waals surface area contributed by atoms with Crippen molar-refractivity contribution in [1.29, 1.82) is 0 Å². The zero-order valence-corrected chi connectivity index (χ0v) is 9.10. The molecule has 2 aliphatic rings. The molecule has 1 aromatic rings. The number of benzene rings is 1. The molecule has 0 N–H and O–H groups in total. The summed E-state index contributed by atoms with van der Waals surface area (Å²) in [7, 11) is 0. The molecule has 0 aromatic heterocycles. The van der Waals surface area contributed by atoms with Crippen LogP contribution in [0.25, 0.3) is 0 Å². The molecule has 80 valence electrons. The molecule has 0 bridgehead atoms. The minimum atomic E-state index is 0.525. The van der Waals surface area contributed by atoms with Gasteiger partial charge in [-0.3, -0.25) is 4.90 Å². The molecule has 0 aliphatic carbocycles. The Balaban J connectivity index is 1.64. The summed E-state index contributed by atoms with van der Waals surface area (Å²) >= 11 is 0. The van der Waals surface area contributed by atoms with Crippen molar-refractivity contribution in [2.24, 2.45) is 5.92 Å². The Morgan fingerprint density at radius 1 is 1.27 bits per heavy atom. The maximum absolute atomic E-state index is 5.62. The van der Waals surface area contributed by atoms with Crippen LogP contribution >= 0.6 is 0 Å². The molecule has 2 heterocycles. The SMILES string of the molecule is C[C@@H]1CN(Cc2ccccc2)C[C@@H]2O[C@H]12. The lowest BCUT2D eigenvalue weighted by atomic mass is 10.00. The Hall–Kier alpha value is -0.860. The highest BCUT2D eigenvalue weighted by Crippen LogP contribution is 2.35. The van der Waals surface area contributed by atoms with E-state index in [-0.39, 0.29) is 0 Å². The second kappa shape index (κ2) is 3.62. The maximum Gasteiger partial charge on any atom is 0.0971 e. The van der Waals surface area contributed by atoms with Crippen molar-refractivity contribution in [1.82, 2.24) is 4.90 Å². The third kappa shape index (κ3) is 1.92. The van der Waals surface area contributed by atoms with Gasteiger partial charge in [0.2, 0.25) is 0 Å². The van der Waals surface area contributed by atoms with Crippen molar-refractivity contribution in [2.45, 2.75) is 25.7 Å². The molecule has 0 unspecified atom stereocenters. The van der Waals surface area contributed by atoms with Crippen LogP contribution in [0.4, 0.5) is 0 Å². The molecule has 15 heavy (non-hydrogen) atoms. The smallest absolute Gasteiger partial charge is 0.0971 e. The van der Waals surface area contributed by atoms with E-state index >= 15 is 0 Å². The van der Waals surface area contributed by atoms with Gasteiger partial charge in [0, 0.05) is 19.6 Å². The summed E-state index contributed by atoms with van der Waals surface area (Å²) in [6.07, 6.45) is 1.09. The molecule has 3 rings (SSSR count). The fourth-order valence-electron chi connectivity index (χ4n) is 2.61. The Labute approximate surface area is 90.8 Å². The van der Waals surface area contributed by atoms with Crippen molar-refractivity contribution in [3.63, 3.8) is 0 Å². The number of hydrogen-bond acceptors (Lipinski definition) is 2. The molecule has 2 nitrogen and oxygen atoms in total. The van der Waals surface area contributed by atoms with Crippen molar-refractivity contribution < 1.29 is 4.74 Å². The lowest BCUT2D eigenvalue weighted by molar-refractivity contribution is 0.202. The number of ether oxygens (including phenoxy) is 1. The van der Waals surface area contributed by atoms with Crippen LogP contribution in [-0.2, 0) is 11.3 Å². The van der Waals surface area contributed by atoms with E-state index in [0.717, 1.165) is 13.1 Å². The van der Waals surface area contributed by atoms with Gasteiger partial charge in [-0.15, -0.1) is 0 Å². The topological polar surface area (TPSA) is 15.8 Å². The molecule has 1 aromatic carbocycles. The van der Waals surface area contributed by atoms with Crippen LogP contribution in [0, 0.1) is 5.92 Å². The van der Waals surface area contributed by atoms with Crippen molar-refractivity contribution in [3.8, 4) is 0 Å². The minimum absolute atomic E-state index is 0.525. The third-order valence-electron chi connectivity index (χ3n) is 3.42. The first-order chi connectivity index (χ1) is 7.33. The predicted octanol–water partition coefficient (Wildman–Crippen LogP) is 1.91. The van der Waals surface area contributed by atoms with Crippen LogP contribution in [-0.4, -0.2) is 30.2 Å². The largest absolute Gasteiger partial charge is 0.368 e. The molecular formula is C13H17NO. The number of epoxide rings is 1. The van der Waals surface area contributed by atoms with Crippen LogP contribution < -0.4 is 0 Å². The van der Waals surface area contributed by atoms with E-state index in [2.05, 4.69) is 42.2 Å². The number of likely N-dealkylation sites (tertiary alicyclic amines) is 1. The van der Waals surface area contributed by atoms with E-state index in [0.29, 0.717) is 18.1 Å². The average Bonchev–Trinajstić information content (AvgIpc) is 2.99. The molecule has 0 saturated carbocycles. The highest BCUT2D eigenvalue weighted by Gasteiger charge is 2.47. The zero-order valence-electron chi connectivity index (χ0n) is 9.10. The highest BCUT2D eigenvalue weighted by molar-refractivity contribution is 5.15. The number of rotatable bonds is 2. The molecule has 3 atom stereocenters. The van der Waals surface area contributed by atoms with Gasteiger partial charge in [-0.05, 0) is 11.5 Å². The lowest BCUT2D eigenvalue weighted by Crippen LogP contribution is -2.38. The molecule has 2 saturated heterocycles. The zero-order chi connectivity index (χ0) is 10.3. The molecule has 2 heteroatoms. The van der Waals surface area contributed by atoms with Gasteiger partial charge in [0.15, 0.2) is 0 Å². The Morgan fingerprint density at radius 2 is 2.07 bits per heavy atom. The average molecular weight is 203 g/mol. The first-order valence-electron chi connectivity index (χ1n) is 5.74. The fraction of sp³-hybridized carbons (Fsp3) is 0.538. The molecule has 0 amide bonds. The second-order valence-corrected chi connectivity index (χ2v) is 4.80. The van der Waals surface area contributed by atoms with Crippen molar-refractivity contribution in [2.75, 3.05) is 13.1 Å². The lowest BCUT2D eigenvalue weighted by Gasteiger charge is -2.27. The quantitative estimate of drug-likeness (QED) is 0.682. The summed E-state index contributed by atoms with van der Waals surface area (Å²) in [5, 5.41) is 0. The van der Waals surface area contributed by atoms with Gasteiger partial charge < -0.3 is 4.74 Å². The number of fused-ring (bicyclic) bond motifs is 1. The van der Waals surface area contributed by atoms with Crippen LogP contribution in [0.2, 0.25) is 0 Å². The summed E-state index contributed by atoms with van der Waals surface area (Å²) in [6.45, 7) is 5.65. The first-order valence-corrected chi connectivity index (χ1v) is 5.74. The molecule has 2 aliphatic heterocycles. The summed E-state index contributed by atoms with van der Waals surface area (Å²) in [5.74, 6) is 0.701. The standard InChI is InChI=1S/C13H17NO/c1-10-7-14(9-12-13(10)15-12)8-11-5-3-2-4-6-11/h2-6,10,12-13H,7-9H2,1H3/t10-,12+,13-/m1/s1. The van der Waals surface area contributed by atoms with E-state index in [1.54, 1.807) is 0 Å². The van der Waals surface area contributed by atoms with E-state index < -0.39 is 0 Å². The minimum Gasteiger partial charge on any atom is -0.368 e. The van der Waals surface area contributed by atoms with Crippen molar-refractivity contribution in [3.05, 3.63) is 35.9 Å². The summed E-state index contributed by atoms with van der Waals surface area (Å²) in [4.78, 5) is 2.51. The van der Waals surface area contributed by atoms with E-state index in [1.807, 2.05) is 0 Å². The maximum atomic E-state index is 5.62. The Morgan fingerprint density at radius 3 is 2.80 bits per heavy atom. The van der Waals surface area contributed by atoms with Crippen LogP contribution in [0.3, 0.4) is 0 Å². The monoisotopic (exact) mass is 203 g/mol. The van der Waals surface area contributed by atoms with Crippen molar-refractivity contribution >= 4 is 0 Å². The van der Waals surface area contributed by atoms with Gasteiger partial charge in [0.1, 0.15) is 0 Å². The van der Waals surface area contributed by atoms with E-state index in [1.165, 1.54) is 12.1 Å². The Bertz CT molecular complexity index is 338. The molecule has 2 fully saturated rings. The summed E-state index contributed by atoms with van der Waals surface area (Å²) in [5.41, 5.74) is 1.41. The highest BCUT2D eigenvalue weighted by atomic mass is 16.6. The van der Waals surface area contributed by atoms with E-state index in [4.69, 9.17) is 4.74 Å².